The van der Waals surface area contributed by atoms with E-state index in [2.05, 4.69) is 15.9 Å². The van der Waals surface area contributed by atoms with E-state index in [1.54, 1.807) is 36.2 Å². The van der Waals surface area contributed by atoms with Crippen LogP contribution in [0.2, 0.25) is 0 Å². The summed E-state index contributed by atoms with van der Waals surface area (Å²) in [4.78, 5) is 14.2. The third-order valence-corrected chi connectivity index (χ3v) is 4.18. The molecule has 1 unspecified atom stereocenters. The molecule has 0 aliphatic rings. The number of benzene rings is 2. The molecule has 0 heterocycles. The number of amides is 1. The van der Waals surface area contributed by atoms with E-state index in [1.807, 2.05) is 26.0 Å². The first-order valence-electron chi connectivity index (χ1n) is 6.69. The molecule has 0 radical (unpaired) electrons. The third-order valence-electron chi connectivity index (χ3n) is 3.69. The Balaban J connectivity index is 2.31. The summed E-state index contributed by atoms with van der Waals surface area (Å²) in [5.41, 5.74) is 2.03. The Morgan fingerprint density at radius 3 is 2.57 bits per heavy atom. The summed E-state index contributed by atoms with van der Waals surface area (Å²) in [7, 11) is 1.69. The fourth-order valence-corrected chi connectivity index (χ4v) is 2.57. The summed E-state index contributed by atoms with van der Waals surface area (Å²) in [5.74, 6) is -0.417. The van der Waals surface area contributed by atoms with Crippen molar-refractivity contribution in [2.45, 2.75) is 19.9 Å². The number of hydrogen-bond acceptors (Lipinski definition) is 1. The van der Waals surface area contributed by atoms with Crippen molar-refractivity contribution < 1.29 is 9.18 Å². The van der Waals surface area contributed by atoms with E-state index in [4.69, 9.17) is 0 Å². The van der Waals surface area contributed by atoms with E-state index < -0.39 is 0 Å². The molecule has 0 spiro atoms. The molecule has 4 heteroatoms. The number of carbonyl (C=O) groups excluding carboxylic acids is 1. The maximum absolute atomic E-state index is 13.9. The SMILES string of the molecule is Cc1ccc(Br)cc1C(=O)N(C)C(C)c1ccccc1F. The van der Waals surface area contributed by atoms with Crippen LogP contribution in [0.15, 0.2) is 46.9 Å². The summed E-state index contributed by atoms with van der Waals surface area (Å²) >= 11 is 3.38. The smallest absolute Gasteiger partial charge is 0.254 e. The van der Waals surface area contributed by atoms with E-state index in [0.717, 1.165) is 10.0 Å². The highest BCUT2D eigenvalue weighted by Crippen LogP contribution is 2.25. The molecule has 110 valence electrons. The lowest BCUT2D eigenvalue weighted by Gasteiger charge is -2.26. The Morgan fingerprint density at radius 2 is 1.90 bits per heavy atom. The quantitative estimate of drug-likeness (QED) is 0.784. The molecule has 0 N–H and O–H groups in total. The molecular formula is C17H17BrFNO. The minimum atomic E-state index is -0.336. The average Bonchev–Trinajstić information content (AvgIpc) is 2.48. The predicted molar refractivity (Wildman–Crippen MR) is 85.8 cm³/mol. The molecule has 0 bridgehead atoms. The fourth-order valence-electron chi connectivity index (χ4n) is 2.21. The minimum Gasteiger partial charge on any atom is -0.335 e. The van der Waals surface area contributed by atoms with Crippen molar-refractivity contribution in [3.63, 3.8) is 0 Å². The molecule has 2 nitrogen and oxygen atoms in total. The van der Waals surface area contributed by atoms with Crippen molar-refractivity contribution in [3.05, 3.63) is 69.4 Å². The maximum atomic E-state index is 13.9. The number of hydrogen-bond donors (Lipinski definition) is 0. The number of nitrogens with zero attached hydrogens (tertiary/aromatic N) is 1. The van der Waals surface area contributed by atoms with Crippen molar-refractivity contribution >= 4 is 21.8 Å². The zero-order valence-electron chi connectivity index (χ0n) is 12.2. The topological polar surface area (TPSA) is 20.3 Å². The third kappa shape index (κ3) is 3.32. The van der Waals surface area contributed by atoms with Crippen molar-refractivity contribution in [1.82, 2.24) is 4.90 Å². The molecule has 2 aromatic rings. The molecule has 0 aliphatic carbocycles. The van der Waals surface area contributed by atoms with Crippen LogP contribution in [0, 0.1) is 12.7 Å². The summed E-state index contributed by atoms with van der Waals surface area (Å²) in [6.07, 6.45) is 0. The standard InChI is InChI=1S/C17H17BrFNO/c1-11-8-9-13(18)10-15(11)17(21)20(3)12(2)14-6-4-5-7-16(14)19/h4-10,12H,1-3H3. The van der Waals surface area contributed by atoms with Crippen molar-refractivity contribution in [2.24, 2.45) is 0 Å². The van der Waals surface area contributed by atoms with Gasteiger partial charge in [0.05, 0.1) is 6.04 Å². The van der Waals surface area contributed by atoms with Gasteiger partial charge in [-0.25, -0.2) is 4.39 Å². The largest absolute Gasteiger partial charge is 0.335 e. The lowest BCUT2D eigenvalue weighted by atomic mass is 10.0. The molecule has 0 aliphatic heterocycles. The second kappa shape index (κ2) is 6.39. The van der Waals surface area contributed by atoms with Gasteiger partial charge in [-0.15, -0.1) is 0 Å². The maximum Gasteiger partial charge on any atom is 0.254 e. The fraction of sp³-hybridized carbons (Fsp3) is 0.235. The molecule has 0 saturated heterocycles. The molecule has 2 rings (SSSR count). The molecule has 1 atom stereocenters. The first-order valence-corrected chi connectivity index (χ1v) is 7.49. The van der Waals surface area contributed by atoms with Crippen LogP contribution in [-0.2, 0) is 0 Å². The van der Waals surface area contributed by atoms with Gasteiger partial charge >= 0.3 is 0 Å². The highest BCUT2D eigenvalue weighted by molar-refractivity contribution is 9.10. The molecule has 0 saturated carbocycles. The van der Waals surface area contributed by atoms with Crippen LogP contribution in [0.25, 0.3) is 0 Å². The highest BCUT2D eigenvalue weighted by atomic mass is 79.9. The Kier molecular flexibility index (Phi) is 4.78. The zero-order valence-corrected chi connectivity index (χ0v) is 13.8. The van der Waals surface area contributed by atoms with Gasteiger partial charge in [0, 0.05) is 22.6 Å². The monoisotopic (exact) mass is 349 g/mol. The van der Waals surface area contributed by atoms with Gasteiger partial charge in [-0.2, -0.15) is 0 Å². The van der Waals surface area contributed by atoms with Gasteiger partial charge in [-0.1, -0.05) is 40.2 Å². The molecule has 0 fully saturated rings. The Bertz CT molecular complexity index is 672. The van der Waals surface area contributed by atoms with Gasteiger partial charge in [-0.3, -0.25) is 4.79 Å². The summed E-state index contributed by atoms with van der Waals surface area (Å²) in [6.45, 7) is 3.71. The Labute approximate surface area is 132 Å². The minimum absolute atomic E-state index is 0.121. The average molecular weight is 350 g/mol. The molecule has 1 amide bonds. The number of carbonyl (C=O) groups is 1. The zero-order chi connectivity index (χ0) is 15.6. The lowest BCUT2D eigenvalue weighted by Crippen LogP contribution is -2.30. The van der Waals surface area contributed by atoms with E-state index in [1.165, 1.54) is 6.07 Å². The van der Waals surface area contributed by atoms with Crippen LogP contribution in [0.4, 0.5) is 4.39 Å². The van der Waals surface area contributed by atoms with Gasteiger partial charge in [0.1, 0.15) is 5.82 Å². The Hall–Kier alpha value is -1.68. The van der Waals surface area contributed by atoms with E-state index in [9.17, 15) is 9.18 Å². The van der Waals surface area contributed by atoms with E-state index in [-0.39, 0.29) is 17.8 Å². The number of rotatable bonds is 3. The van der Waals surface area contributed by atoms with Crippen molar-refractivity contribution in [2.75, 3.05) is 7.05 Å². The normalized spacial score (nSPS) is 12.0. The second-order valence-corrected chi connectivity index (χ2v) is 5.99. The Morgan fingerprint density at radius 1 is 1.24 bits per heavy atom. The second-order valence-electron chi connectivity index (χ2n) is 5.07. The molecule has 2 aromatic carbocycles. The van der Waals surface area contributed by atoms with Gasteiger partial charge in [-0.05, 0) is 37.6 Å². The predicted octanol–water partition coefficient (Wildman–Crippen LogP) is 4.73. The number of halogens is 2. The van der Waals surface area contributed by atoms with Crippen LogP contribution in [0.5, 0.6) is 0 Å². The van der Waals surface area contributed by atoms with Crippen molar-refractivity contribution in [3.8, 4) is 0 Å². The van der Waals surface area contributed by atoms with E-state index in [0.29, 0.717) is 11.1 Å². The summed E-state index contributed by atoms with van der Waals surface area (Å²) in [6, 6.07) is 11.8. The van der Waals surface area contributed by atoms with Crippen LogP contribution < -0.4 is 0 Å². The first-order chi connectivity index (χ1) is 9.91. The van der Waals surface area contributed by atoms with Gasteiger partial charge < -0.3 is 4.90 Å². The molecule has 21 heavy (non-hydrogen) atoms. The highest BCUT2D eigenvalue weighted by Gasteiger charge is 2.22. The van der Waals surface area contributed by atoms with Gasteiger partial charge in [0.15, 0.2) is 0 Å². The van der Waals surface area contributed by atoms with Crippen LogP contribution in [-0.4, -0.2) is 17.9 Å². The lowest BCUT2D eigenvalue weighted by molar-refractivity contribution is 0.0739. The number of aryl methyl sites for hydroxylation is 1. The first kappa shape index (κ1) is 15.7. The summed E-state index contributed by atoms with van der Waals surface area (Å²) < 4.78 is 14.7. The van der Waals surface area contributed by atoms with Crippen molar-refractivity contribution in [1.29, 1.82) is 0 Å². The van der Waals surface area contributed by atoms with Crippen LogP contribution >= 0.6 is 15.9 Å². The van der Waals surface area contributed by atoms with Crippen LogP contribution in [0.3, 0.4) is 0 Å². The van der Waals surface area contributed by atoms with Gasteiger partial charge in [0.25, 0.3) is 5.91 Å². The van der Waals surface area contributed by atoms with Gasteiger partial charge in [0.2, 0.25) is 0 Å². The summed E-state index contributed by atoms with van der Waals surface area (Å²) in [5, 5.41) is 0. The molecular weight excluding hydrogens is 333 g/mol. The van der Waals surface area contributed by atoms with E-state index >= 15 is 0 Å². The molecule has 0 aromatic heterocycles. The van der Waals surface area contributed by atoms with Crippen LogP contribution in [0.1, 0.15) is 34.5 Å².